The first kappa shape index (κ1) is 20.2. The Morgan fingerprint density at radius 2 is 1.60 bits per heavy atom. The summed E-state index contributed by atoms with van der Waals surface area (Å²) in [7, 11) is 1.66. The molecule has 3 amide bonds. The SMILES string of the molecule is COc1ccc(C=C2NC(=O)NC2=O)cc1-c1ccc2c(c1)C(C)(C)CCC2(C)C. The molecule has 1 fully saturated rings. The van der Waals surface area contributed by atoms with Crippen LogP contribution in [-0.4, -0.2) is 19.0 Å². The number of carbonyl (C=O) groups excluding carboxylic acids is 2. The second-order valence-corrected chi connectivity index (χ2v) is 9.45. The van der Waals surface area contributed by atoms with Crippen molar-refractivity contribution in [1.29, 1.82) is 0 Å². The molecule has 2 aromatic carbocycles. The van der Waals surface area contributed by atoms with Crippen LogP contribution < -0.4 is 15.4 Å². The smallest absolute Gasteiger partial charge is 0.326 e. The summed E-state index contributed by atoms with van der Waals surface area (Å²) in [5, 5.41) is 4.76. The highest BCUT2D eigenvalue weighted by molar-refractivity contribution is 6.14. The molecule has 0 unspecified atom stereocenters. The zero-order valence-electron chi connectivity index (χ0n) is 18.2. The van der Waals surface area contributed by atoms with Gasteiger partial charge >= 0.3 is 6.03 Å². The molecule has 0 aromatic heterocycles. The topological polar surface area (TPSA) is 67.4 Å². The molecular weight excluding hydrogens is 376 g/mol. The van der Waals surface area contributed by atoms with Crippen LogP contribution in [0, 0.1) is 0 Å². The molecule has 4 rings (SSSR count). The van der Waals surface area contributed by atoms with Crippen molar-refractivity contribution in [2.75, 3.05) is 7.11 Å². The predicted octanol–water partition coefficient (Wildman–Crippen LogP) is 4.89. The lowest BCUT2D eigenvalue weighted by Crippen LogP contribution is -2.33. The number of amides is 3. The summed E-state index contributed by atoms with van der Waals surface area (Å²) in [6.45, 7) is 9.25. The van der Waals surface area contributed by atoms with E-state index in [0.29, 0.717) is 0 Å². The second kappa shape index (κ2) is 7.01. The number of nitrogens with one attached hydrogen (secondary N) is 2. The van der Waals surface area contributed by atoms with E-state index in [-0.39, 0.29) is 16.5 Å². The molecular formula is C25H28N2O3. The lowest BCUT2D eigenvalue weighted by atomic mass is 9.63. The number of ether oxygens (including phenoxy) is 1. The van der Waals surface area contributed by atoms with Gasteiger partial charge in [0.2, 0.25) is 0 Å². The minimum absolute atomic E-state index is 0.111. The molecule has 2 aliphatic rings. The number of carbonyl (C=O) groups is 2. The van der Waals surface area contributed by atoms with Crippen molar-refractivity contribution in [2.45, 2.75) is 51.4 Å². The number of hydrogen-bond acceptors (Lipinski definition) is 3. The van der Waals surface area contributed by atoms with Gasteiger partial charge in [-0.1, -0.05) is 52.0 Å². The minimum atomic E-state index is -0.500. The third-order valence-electron chi connectivity index (χ3n) is 6.42. The Labute approximate surface area is 177 Å². The third kappa shape index (κ3) is 3.49. The monoisotopic (exact) mass is 404 g/mol. The Kier molecular flexibility index (Phi) is 4.72. The first-order chi connectivity index (χ1) is 14.1. The molecule has 0 atom stereocenters. The van der Waals surface area contributed by atoms with Gasteiger partial charge in [0, 0.05) is 5.56 Å². The molecule has 2 N–H and O–H groups in total. The van der Waals surface area contributed by atoms with E-state index in [1.54, 1.807) is 13.2 Å². The van der Waals surface area contributed by atoms with E-state index in [9.17, 15) is 9.59 Å². The fourth-order valence-electron chi connectivity index (χ4n) is 4.45. The van der Waals surface area contributed by atoms with Gasteiger partial charge in [-0.15, -0.1) is 0 Å². The van der Waals surface area contributed by atoms with Crippen molar-refractivity contribution in [3.8, 4) is 16.9 Å². The molecule has 0 radical (unpaired) electrons. The molecule has 1 heterocycles. The highest BCUT2D eigenvalue weighted by Gasteiger charge is 2.37. The number of rotatable bonds is 3. The fraction of sp³-hybridized carbons (Fsp3) is 0.360. The van der Waals surface area contributed by atoms with Crippen molar-refractivity contribution >= 4 is 18.0 Å². The second-order valence-electron chi connectivity index (χ2n) is 9.45. The van der Waals surface area contributed by atoms with E-state index >= 15 is 0 Å². The fourth-order valence-corrected chi connectivity index (χ4v) is 4.45. The van der Waals surface area contributed by atoms with Gasteiger partial charge in [-0.3, -0.25) is 10.1 Å². The largest absolute Gasteiger partial charge is 0.496 e. The van der Waals surface area contributed by atoms with Gasteiger partial charge in [-0.2, -0.15) is 0 Å². The Morgan fingerprint density at radius 1 is 0.900 bits per heavy atom. The summed E-state index contributed by atoms with van der Waals surface area (Å²) in [4.78, 5) is 23.3. The Bertz CT molecular complexity index is 1080. The zero-order chi connectivity index (χ0) is 21.7. The van der Waals surface area contributed by atoms with Crippen LogP contribution in [0.15, 0.2) is 42.1 Å². The van der Waals surface area contributed by atoms with Crippen molar-refractivity contribution < 1.29 is 14.3 Å². The Balaban J connectivity index is 1.82. The summed E-state index contributed by atoms with van der Waals surface area (Å²) >= 11 is 0. The normalized spacial score (nSPS) is 20.5. The highest BCUT2D eigenvalue weighted by Crippen LogP contribution is 2.47. The third-order valence-corrected chi connectivity index (χ3v) is 6.42. The van der Waals surface area contributed by atoms with Crippen molar-refractivity contribution in [3.63, 3.8) is 0 Å². The molecule has 1 saturated heterocycles. The quantitative estimate of drug-likeness (QED) is 0.565. The summed E-state index contributed by atoms with van der Waals surface area (Å²) in [6.07, 6.45) is 4.00. The van der Waals surface area contributed by atoms with E-state index in [1.807, 2.05) is 18.2 Å². The van der Waals surface area contributed by atoms with Crippen molar-refractivity contribution in [1.82, 2.24) is 10.6 Å². The number of hydrogen-bond donors (Lipinski definition) is 2. The summed E-state index contributed by atoms with van der Waals surface area (Å²) in [6, 6.07) is 12.0. The van der Waals surface area contributed by atoms with Crippen LogP contribution in [0.5, 0.6) is 5.75 Å². The van der Waals surface area contributed by atoms with E-state index in [1.165, 1.54) is 17.5 Å². The first-order valence-corrected chi connectivity index (χ1v) is 10.3. The maximum absolute atomic E-state index is 11.9. The molecule has 5 heteroatoms. The highest BCUT2D eigenvalue weighted by atomic mass is 16.5. The lowest BCUT2D eigenvalue weighted by Gasteiger charge is -2.42. The van der Waals surface area contributed by atoms with Gasteiger partial charge in [-0.25, -0.2) is 4.79 Å². The molecule has 1 aliphatic carbocycles. The number of methoxy groups -OCH3 is 1. The number of fused-ring (bicyclic) bond motifs is 1. The average Bonchev–Trinajstić information content (AvgIpc) is 3.02. The molecule has 2 aromatic rings. The van der Waals surface area contributed by atoms with Crippen molar-refractivity contribution in [2.24, 2.45) is 0 Å². The van der Waals surface area contributed by atoms with Crippen LogP contribution in [0.3, 0.4) is 0 Å². The first-order valence-electron chi connectivity index (χ1n) is 10.3. The van der Waals surface area contributed by atoms with E-state index in [4.69, 9.17) is 4.74 Å². The standard InChI is InChI=1S/C25H28N2O3/c1-24(2)10-11-25(3,4)19-14-16(7-8-18(19)24)17-12-15(6-9-21(17)30-5)13-20-22(28)27-23(29)26-20/h6-9,12-14H,10-11H2,1-5H3,(H2,26,27,28,29). The van der Waals surface area contributed by atoms with Gasteiger partial charge in [0.05, 0.1) is 7.11 Å². The zero-order valence-corrected chi connectivity index (χ0v) is 18.2. The molecule has 0 bridgehead atoms. The van der Waals surface area contributed by atoms with E-state index in [2.05, 4.69) is 56.5 Å². The van der Waals surface area contributed by atoms with Crippen LogP contribution in [0.4, 0.5) is 4.79 Å². The maximum Gasteiger partial charge on any atom is 0.326 e. The van der Waals surface area contributed by atoms with Crippen LogP contribution in [0.25, 0.3) is 17.2 Å². The predicted molar refractivity (Wildman–Crippen MR) is 118 cm³/mol. The summed E-state index contributed by atoms with van der Waals surface area (Å²) in [5.74, 6) is 0.347. The average molecular weight is 405 g/mol. The maximum atomic E-state index is 11.9. The lowest BCUT2D eigenvalue weighted by molar-refractivity contribution is -0.115. The number of urea groups is 1. The van der Waals surface area contributed by atoms with Gasteiger partial charge in [0.1, 0.15) is 11.4 Å². The van der Waals surface area contributed by atoms with Gasteiger partial charge in [0.15, 0.2) is 0 Å². The molecule has 1 aliphatic heterocycles. The van der Waals surface area contributed by atoms with Crippen molar-refractivity contribution in [3.05, 3.63) is 58.8 Å². The van der Waals surface area contributed by atoms with Crippen LogP contribution in [-0.2, 0) is 15.6 Å². The van der Waals surface area contributed by atoms with Gasteiger partial charge < -0.3 is 10.1 Å². The summed E-state index contributed by atoms with van der Waals surface area (Å²) in [5.41, 5.74) is 6.15. The van der Waals surface area contributed by atoms with Crippen LogP contribution in [0.1, 0.15) is 57.2 Å². The van der Waals surface area contributed by atoms with Gasteiger partial charge in [0.25, 0.3) is 5.91 Å². The van der Waals surface area contributed by atoms with Gasteiger partial charge in [-0.05, 0) is 64.1 Å². The molecule has 156 valence electrons. The van der Waals surface area contributed by atoms with Crippen LogP contribution >= 0.6 is 0 Å². The molecule has 0 spiro atoms. The van der Waals surface area contributed by atoms with Crippen LogP contribution in [0.2, 0.25) is 0 Å². The molecule has 30 heavy (non-hydrogen) atoms. The number of benzene rings is 2. The van der Waals surface area contributed by atoms with E-state index in [0.717, 1.165) is 28.9 Å². The van der Waals surface area contributed by atoms with E-state index < -0.39 is 11.9 Å². The molecule has 5 nitrogen and oxygen atoms in total. The summed E-state index contributed by atoms with van der Waals surface area (Å²) < 4.78 is 5.63. The minimum Gasteiger partial charge on any atom is -0.496 e. The Hall–Kier alpha value is -3.08. The molecule has 0 saturated carbocycles. The number of imide groups is 1. The Morgan fingerprint density at radius 3 is 2.23 bits per heavy atom.